The smallest absolute Gasteiger partial charge is 0.185 e. The lowest BCUT2D eigenvalue weighted by atomic mass is 9.44. The summed E-state index contributed by atoms with van der Waals surface area (Å²) >= 11 is 0. The molecule has 27 heavy (non-hydrogen) atoms. The summed E-state index contributed by atoms with van der Waals surface area (Å²) in [5, 5.41) is 11.1. The highest BCUT2D eigenvalue weighted by atomic mass is 16.3. The number of furan rings is 1. The van der Waals surface area contributed by atoms with Crippen molar-refractivity contribution in [3.63, 3.8) is 0 Å². The first-order valence-corrected chi connectivity index (χ1v) is 10.6. The molecule has 0 bridgehead atoms. The molecule has 3 saturated carbocycles. The fourth-order valence-corrected chi connectivity index (χ4v) is 7.90. The molecule has 3 heteroatoms. The number of aldehydes is 1. The standard InChI is InChI=1S/C24H30O3/c1-4-24(26)10-8-20-18-6-5-16-12-21-15(11-17(14-25)27-21)13-22(16,2)19(18)7-9-23(20,24)3/h1,11,14,16,18-20,26H,5-10,12-13H2,2-3H3/t16-,18?,19?,20?,22-,23-,24-/m0/s1. The average Bonchev–Trinajstić information content (AvgIpc) is 3.17. The van der Waals surface area contributed by atoms with Gasteiger partial charge in [0.05, 0.1) is 0 Å². The van der Waals surface area contributed by atoms with Crippen LogP contribution >= 0.6 is 0 Å². The summed E-state index contributed by atoms with van der Waals surface area (Å²) in [6.07, 6.45) is 15.1. The molecule has 0 amide bonds. The summed E-state index contributed by atoms with van der Waals surface area (Å²) in [7, 11) is 0. The van der Waals surface area contributed by atoms with Crippen molar-refractivity contribution >= 4 is 6.29 Å². The Labute approximate surface area is 161 Å². The van der Waals surface area contributed by atoms with Crippen LogP contribution in [-0.2, 0) is 12.8 Å². The third-order valence-electron chi connectivity index (χ3n) is 9.49. The fourth-order valence-electron chi connectivity index (χ4n) is 7.90. The number of carbonyl (C=O) groups is 1. The number of fused-ring (bicyclic) bond motifs is 6. The molecule has 144 valence electrons. The summed E-state index contributed by atoms with van der Waals surface area (Å²) in [6.45, 7) is 4.73. The van der Waals surface area contributed by atoms with Crippen LogP contribution < -0.4 is 0 Å². The minimum atomic E-state index is -0.927. The van der Waals surface area contributed by atoms with Gasteiger partial charge in [-0.05, 0) is 85.7 Å². The van der Waals surface area contributed by atoms with Gasteiger partial charge in [0.15, 0.2) is 12.0 Å². The first-order chi connectivity index (χ1) is 12.8. The first kappa shape index (κ1) is 17.6. The molecule has 3 fully saturated rings. The number of hydrogen-bond donors (Lipinski definition) is 1. The zero-order chi connectivity index (χ0) is 19.0. The molecule has 1 aromatic heterocycles. The Morgan fingerprint density at radius 2 is 2.00 bits per heavy atom. The predicted octanol–water partition coefficient (Wildman–Crippen LogP) is 4.41. The molecule has 3 unspecified atom stereocenters. The summed E-state index contributed by atoms with van der Waals surface area (Å²) in [6, 6.07) is 1.97. The highest BCUT2D eigenvalue weighted by molar-refractivity contribution is 5.71. The molecule has 3 nitrogen and oxygen atoms in total. The minimum Gasteiger partial charge on any atom is -0.458 e. The van der Waals surface area contributed by atoms with Crippen molar-refractivity contribution in [2.75, 3.05) is 0 Å². The van der Waals surface area contributed by atoms with Gasteiger partial charge in [-0.15, -0.1) is 6.42 Å². The van der Waals surface area contributed by atoms with Gasteiger partial charge in [-0.25, -0.2) is 0 Å². The highest BCUT2D eigenvalue weighted by Gasteiger charge is 2.64. The van der Waals surface area contributed by atoms with Crippen LogP contribution in [0.15, 0.2) is 10.5 Å². The third kappa shape index (κ3) is 2.11. The van der Waals surface area contributed by atoms with Gasteiger partial charge in [-0.3, -0.25) is 4.79 Å². The molecule has 4 aliphatic carbocycles. The maximum atomic E-state index is 11.2. The van der Waals surface area contributed by atoms with Crippen LogP contribution in [0.2, 0.25) is 0 Å². The summed E-state index contributed by atoms with van der Waals surface area (Å²) < 4.78 is 5.79. The van der Waals surface area contributed by atoms with Crippen LogP contribution in [0.5, 0.6) is 0 Å². The second kappa shape index (κ2) is 5.51. The molecule has 5 rings (SSSR count). The number of aliphatic hydroxyl groups is 1. The fraction of sp³-hybridized carbons (Fsp3) is 0.708. The van der Waals surface area contributed by atoms with E-state index in [0.29, 0.717) is 29.4 Å². The van der Waals surface area contributed by atoms with Crippen LogP contribution in [-0.4, -0.2) is 17.0 Å². The van der Waals surface area contributed by atoms with Crippen LogP contribution in [0.25, 0.3) is 0 Å². The van der Waals surface area contributed by atoms with Crippen molar-refractivity contribution in [2.45, 2.75) is 70.8 Å². The van der Waals surface area contributed by atoms with E-state index in [1.807, 2.05) is 6.07 Å². The van der Waals surface area contributed by atoms with Crippen LogP contribution in [0.3, 0.4) is 0 Å². The highest BCUT2D eigenvalue weighted by Crippen LogP contribution is 2.67. The van der Waals surface area contributed by atoms with Crippen LogP contribution in [0.1, 0.15) is 74.3 Å². The monoisotopic (exact) mass is 366 g/mol. The van der Waals surface area contributed by atoms with Crippen molar-refractivity contribution in [3.05, 3.63) is 23.2 Å². The maximum absolute atomic E-state index is 11.2. The molecule has 1 aromatic rings. The molecule has 0 spiro atoms. The van der Waals surface area contributed by atoms with E-state index < -0.39 is 5.60 Å². The Kier molecular flexibility index (Phi) is 3.58. The Balaban J connectivity index is 1.49. The van der Waals surface area contributed by atoms with Crippen LogP contribution in [0.4, 0.5) is 0 Å². The molecular formula is C24H30O3. The quantitative estimate of drug-likeness (QED) is 0.591. The number of hydrogen-bond acceptors (Lipinski definition) is 3. The maximum Gasteiger partial charge on any atom is 0.185 e. The Bertz CT molecular complexity index is 831. The minimum absolute atomic E-state index is 0.133. The topological polar surface area (TPSA) is 50.4 Å². The van der Waals surface area contributed by atoms with Crippen molar-refractivity contribution in [3.8, 4) is 12.3 Å². The summed E-state index contributed by atoms with van der Waals surface area (Å²) in [4.78, 5) is 11.2. The molecular weight excluding hydrogens is 336 g/mol. The van der Waals surface area contributed by atoms with Gasteiger partial charge in [-0.1, -0.05) is 19.8 Å². The van der Waals surface area contributed by atoms with E-state index >= 15 is 0 Å². The second-order valence-corrected chi connectivity index (χ2v) is 10.3. The van der Waals surface area contributed by atoms with E-state index in [4.69, 9.17) is 10.8 Å². The number of rotatable bonds is 1. The van der Waals surface area contributed by atoms with Gasteiger partial charge in [0.1, 0.15) is 11.4 Å². The first-order valence-electron chi connectivity index (χ1n) is 10.6. The SMILES string of the molecule is C#C[C@]1(O)CCC2C3CC[C@H]4Cc5oc(C=O)cc5C[C@]4(C)C3CC[C@@]21C. The molecule has 7 atom stereocenters. The average molecular weight is 367 g/mol. The van der Waals surface area contributed by atoms with Crippen molar-refractivity contribution in [1.82, 2.24) is 0 Å². The van der Waals surface area contributed by atoms with Gasteiger partial charge in [0.2, 0.25) is 0 Å². The molecule has 0 saturated heterocycles. The zero-order valence-electron chi connectivity index (χ0n) is 16.5. The van der Waals surface area contributed by atoms with Crippen molar-refractivity contribution < 1.29 is 14.3 Å². The third-order valence-corrected chi connectivity index (χ3v) is 9.49. The lowest BCUT2D eigenvalue weighted by Crippen LogP contribution is -2.56. The second-order valence-electron chi connectivity index (χ2n) is 10.3. The van der Waals surface area contributed by atoms with Crippen molar-refractivity contribution in [2.24, 2.45) is 34.5 Å². The van der Waals surface area contributed by atoms with Gasteiger partial charge < -0.3 is 9.52 Å². The van der Waals surface area contributed by atoms with E-state index in [1.54, 1.807) is 0 Å². The van der Waals surface area contributed by atoms with E-state index in [-0.39, 0.29) is 10.8 Å². The zero-order valence-corrected chi connectivity index (χ0v) is 16.5. The Morgan fingerprint density at radius 1 is 1.22 bits per heavy atom. The molecule has 1 heterocycles. The number of carbonyl (C=O) groups excluding carboxylic acids is 1. The number of terminal acetylenes is 1. The van der Waals surface area contributed by atoms with Crippen molar-refractivity contribution in [1.29, 1.82) is 0 Å². The predicted molar refractivity (Wildman–Crippen MR) is 103 cm³/mol. The normalized spacial score (nSPS) is 47.9. The summed E-state index contributed by atoms with van der Waals surface area (Å²) in [5.41, 5.74) is 0.449. The largest absolute Gasteiger partial charge is 0.458 e. The van der Waals surface area contributed by atoms with E-state index in [9.17, 15) is 9.90 Å². The van der Waals surface area contributed by atoms with E-state index in [1.165, 1.54) is 18.4 Å². The summed E-state index contributed by atoms with van der Waals surface area (Å²) in [5.74, 6) is 6.80. The van der Waals surface area contributed by atoms with Gasteiger partial charge in [-0.2, -0.15) is 0 Å². The molecule has 1 N–H and O–H groups in total. The lowest BCUT2D eigenvalue weighted by molar-refractivity contribution is -0.128. The van der Waals surface area contributed by atoms with E-state index in [0.717, 1.165) is 50.6 Å². The van der Waals surface area contributed by atoms with Gasteiger partial charge >= 0.3 is 0 Å². The lowest BCUT2D eigenvalue weighted by Gasteiger charge is -2.60. The molecule has 4 aliphatic rings. The van der Waals surface area contributed by atoms with Gasteiger partial charge in [0.25, 0.3) is 0 Å². The Morgan fingerprint density at radius 3 is 2.74 bits per heavy atom. The van der Waals surface area contributed by atoms with Gasteiger partial charge in [0, 0.05) is 11.8 Å². The van der Waals surface area contributed by atoms with Crippen LogP contribution in [0, 0.1) is 46.8 Å². The molecule has 0 aromatic carbocycles. The Hall–Kier alpha value is -1.53. The molecule has 0 radical (unpaired) electrons. The van der Waals surface area contributed by atoms with E-state index in [2.05, 4.69) is 19.8 Å². The molecule has 0 aliphatic heterocycles.